The number of amides is 1. The number of rotatable bonds is 17. The fraction of sp³-hybridized carbons (Fsp3) is 0.950. The van der Waals surface area contributed by atoms with Crippen LogP contribution in [0.25, 0.3) is 0 Å². The van der Waals surface area contributed by atoms with E-state index in [1.165, 1.54) is 94.8 Å². The smallest absolute Gasteiger partial charge is 0.308 e. The van der Waals surface area contributed by atoms with Gasteiger partial charge in [0.2, 0.25) is 0 Å². The van der Waals surface area contributed by atoms with Crippen LogP contribution in [0.4, 0.5) is 4.79 Å². The van der Waals surface area contributed by atoms with Gasteiger partial charge in [0.15, 0.2) is 0 Å². The first-order chi connectivity index (χ1) is 11.2. The van der Waals surface area contributed by atoms with Gasteiger partial charge in [-0.3, -0.25) is 0 Å². The van der Waals surface area contributed by atoms with E-state index in [0.29, 0.717) is 6.54 Å². The van der Waals surface area contributed by atoms with Crippen molar-refractivity contribution in [3.63, 3.8) is 0 Å². The Labute approximate surface area is 144 Å². The molecule has 0 aliphatic heterocycles. The van der Waals surface area contributed by atoms with E-state index in [1.807, 2.05) is 0 Å². The van der Waals surface area contributed by atoms with E-state index in [4.69, 9.17) is 0 Å². The van der Waals surface area contributed by atoms with E-state index in [-0.39, 0.29) is 0 Å². The molecule has 0 atom stereocenters. The summed E-state index contributed by atoms with van der Waals surface area (Å²) in [5.74, 6) is 0. The molecule has 0 rings (SSSR count). The van der Waals surface area contributed by atoms with Crippen molar-refractivity contribution in [3.05, 3.63) is 0 Å². The number of carbonyl (C=O) groups is 1. The molecule has 0 bridgehead atoms. The molecular weight excluding hydrogens is 286 g/mol. The molecular formula is C20H40NO2. The molecule has 0 heterocycles. The van der Waals surface area contributed by atoms with Gasteiger partial charge >= 0.3 is 6.09 Å². The molecule has 0 saturated carbocycles. The zero-order valence-electron chi connectivity index (χ0n) is 15.8. The summed E-state index contributed by atoms with van der Waals surface area (Å²) in [5, 5.41) is 10.5. The highest BCUT2D eigenvalue weighted by molar-refractivity contribution is 5.63. The van der Waals surface area contributed by atoms with Crippen molar-refractivity contribution in [1.29, 1.82) is 0 Å². The van der Waals surface area contributed by atoms with Crippen molar-refractivity contribution in [2.45, 2.75) is 110 Å². The summed E-state index contributed by atoms with van der Waals surface area (Å²) in [7, 11) is 1.58. The van der Waals surface area contributed by atoms with Crippen LogP contribution in [0.3, 0.4) is 0 Å². The molecule has 0 aromatic rings. The van der Waals surface area contributed by atoms with Crippen LogP contribution < -0.4 is 0 Å². The van der Waals surface area contributed by atoms with Crippen molar-refractivity contribution in [1.82, 2.24) is 4.90 Å². The van der Waals surface area contributed by atoms with E-state index in [1.54, 1.807) is 7.05 Å². The van der Waals surface area contributed by atoms with Crippen LogP contribution in [-0.4, -0.2) is 24.6 Å². The molecule has 23 heavy (non-hydrogen) atoms. The third-order valence-corrected chi connectivity index (χ3v) is 4.66. The maximum atomic E-state index is 10.5. The molecule has 3 heteroatoms. The Hall–Kier alpha value is -0.730. The summed E-state index contributed by atoms with van der Waals surface area (Å²) < 4.78 is 0. The van der Waals surface area contributed by atoms with Gasteiger partial charge in [0.25, 0.3) is 0 Å². The minimum atomic E-state index is -1.06. The van der Waals surface area contributed by atoms with Gasteiger partial charge < -0.3 is 4.90 Å². The maximum absolute atomic E-state index is 10.5. The first-order valence-electron chi connectivity index (χ1n) is 10.1. The van der Waals surface area contributed by atoms with E-state index in [2.05, 4.69) is 6.92 Å². The van der Waals surface area contributed by atoms with Gasteiger partial charge in [0.05, 0.1) is 0 Å². The fourth-order valence-electron chi connectivity index (χ4n) is 2.99. The van der Waals surface area contributed by atoms with Crippen molar-refractivity contribution >= 4 is 6.09 Å². The molecule has 0 aromatic heterocycles. The average molecular weight is 327 g/mol. The number of hydrogen-bond donors (Lipinski definition) is 0. The second kappa shape index (κ2) is 17.6. The Balaban J connectivity index is 3.04. The Morgan fingerprint density at radius 2 is 0.913 bits per heavy atom. The number of hydrogen-bond acceptors (Lipinski definition) is 1. The molecule has 0 spiro atoms. The van der Waals surface area contributed by atoms with Crippen LogP contribution in [0.5, 0.6) is 0 Å². The molecule has 1 amide bonds. The normalized spacial score (nSPS) is 10.9. The predicted octanol–water partition coefficient (Wildman–Crippen LogP) is 6.73. The van der Waals surface area contributed by atoms with Crippen LogP contribution >= 0.6 is 0 Å². The van der Waals surface area contributed by atoms with E-state index < -0.39 is 6.09 Å². The van der Waals surface area contributed by atoms with Crippen molar-refractivity contribution in [2.75, 3.05) is 13.6 Å². The number of unbranched alkanes of at least 4 members (excludes halogenated alkanes) is 15. The van der Waals surface area contributed by atoms with Gasteiger partial charge in [-0.1, -0.05) is 103 Å². The van der Waals surface area contributed by atoms with Gasteiger partial charge in [-0.25, -0.2) is 9.90 Å². The standard InChI is InChI=1S/C20H40NO2/c1-3-4-5-6-7-8-9-10-11-12-13-14-15-16-17-18-19-21(2)20(22)23/h3-19H2,1-2H3. The lowest BCUT2D eigenvalue weighted by Gasteiger charge is -2.10. The van der Waals surface area contributed by atoms with Crippen LogP contribution in [0.2, 0.25) is 0 Å². The monoisotopic (exact) mass is 326 g/mol. The molecule has 0 fully saturated rings. The quantitative estimate of drug-likeness (QED) is 0.273. The third kappa shape index (κ3) is 17.5. The van der Waals surface area contributed by atoms with Gasteiger partial charge in [0, 0.05) is 13.6 Å². The predicted molar refractivity (Wildman–Crippen MR) is 98.3 cm³/mol. The van der Waals surface area contributed by atoms with Crippen LogP contribution in [0, 0.1) is 0 Å². The maximum Gasteiger partial charge on any atom is 0.452 e. The number of carbonyl (C=O) groups excluding carboxylic acids is 1. The Morgan fingerprint density at radius 1 is 0.609 bits per heavy atom. The summed E-state index contributed by atoms with van der Waals surface area (Å²) in [6.45, 7) is 2.89. The Kier molecular flexibility index (Phi) is 17.1. The van der Waals surface area contributed by atoms with Crippen molar-refractivity contribution in [2.24, 2.45) is 0 Å². The average Bonchev–Trinajstić information content (AvgIpc) is 2.54. The summed E-state index contributed by atoms with van der Waals surface area (Å²) in [4.78, 5) is 11.8. The lowest BCUT2D eigenvalue weighted by atomic mass is 10.0. The third-order valence-electron chi connectivity index (χ3n) is 4.66. The Morgan fingerprint density at radius 3 is 1.22 bits per heavy atom. The zero-order valence-corrected chi connectivity index (χ0v) is 15.8. The summed E-state index contributed by atoms with van der Waals surface area (Å²) in [6.07, 6.45) is 20.4. The van der Waals surface area contributed by atoms with Gasteiger partial charge in [-0.2, -0.15) is 0 Å². The van der Waals surface area contributed by atoms with E-state index in [9.17, 15) is 9.90 Å². The largest absolute Gasteiger partial charge is 0.452 e. The lowest BCUT2D eigenvalue weighted by Crippen LogP contribution is -2.24. The van der Waals surface area contributed by atoms with Gasteiger partial charge in [-0.05, 0) is 6.42 Å². The molecule has 0 saturated heterocycles. The Bertz CT molecular complexity index is 256. The first kappa shape index (κ1) is 22.3. The molecule has 0 unspecified atom stereocenters. The van der Waals surface area contributed by atoms with Crippen LogP contribution in [-0.2, 0) is 5.11 Å². The minimum Gasteiger partial charge on any atom is -0.308 e. The van der Waals surface area contributed by atoms with Gasteiger partial charge in [0.1, 0.15) is 0 Å². The summed E-state index contributed by atoms with van der Waals surface area (Å²) >= 11 is 0. The molecule has 3 nitrogen and oxygen atoms in total. The molecule has 0 aliphatic carbocycles. The van der Waals surface area contributed by atoms with Crippen LogP contribution in [0.1, 0.15) is 110 Å². The number of nitrogens with zero attached hydrogens (tertiary/aromatic N) is 1. The zero-order chi connectivity index (χ0) is 17.2. The molecule has 137 valence electrons. The topological polar surface area (TPSA) is 40.2 Å². The lowest BCUT2D eigenvalue weighted by molar-refractivity contribution is 0.129. The molecule has 0 aliphatic rings. The minimum absolute atomic E-state index is 0.612. The van der Waals surface area contributed by atoms with Gasteiger partial charge in [-0.15, -0.1) is 0 Å². The highest BCUT2D eigenvalue weighted by Crippen LogP contribution is 2.13. The summed E-state index contributed by atoms with van der Waals surface area (Å²) in [6, 6.07) is 0. The second-order valence-corrected chi connectivity index (χ2v) is 6.99. The molecule has 1 radical (unpaired) electrons. The van der Waals surface area contributed by atoms with Crippen molar-refractivity contribution in [3.8, 4) is 0 Å². The van der Waals surface area contributed by atoms with Crippen molar-refractivity contribution < 1.29 is 9.90 Å². The molecule has 0 N–H and O–H groups in total. The fourth-order valence-corrected chi connectivity index (χ4v) is 2.99. The highest BCUT2D eigenvalue weighted by Gasteiger charge is 2.05. The van der Waals surface area contributed by atoms with Crippen LogP contribution in [0.15, 0.2) is 0 Å². The first-order valence-corrected chi connectivity index (χ1v) is 10.1. The van der Waals surface area contributed by atoms with E-state index in [0.717, 1.165) is 12.8 Å². The highest BCUT2D eigenvalue weighted by atomic mass is 16.4. The van der Waals surface area contributed by atoms with E-state index >= 15 is 0 Å². The second-order valence-electron chi connectivity index (χ2n) is 6.99. The SMILES string of the molecule is CCCCCCCCCCCCCCCCCCN(C)C([O])=O. The summed E-state index contributed by atoms with van der Waals surface area (Å²) in [5.41, 5.74) is 0. The molecule has 0 aromatic carbocycles.